The van der Waals surface area contributed by atoms with Crippen LogP contribution in [0.2, 0.25) is 0 Å². The smallest absolute Gasteiger partial charge is 0.0419 e. The Hall–Kier alpha value is -0.240. The lowest BCUT2D eigenvalue weighted by atomic mass is 9.92. The molecule has 0 bridgehead atoms. The van der Waals surface area contributed by atoms with Gasteiger partial charge in [-0.15, -0.1) is 0 Å². The van der Waals surface area contributed by atoms with E-state index >= 15 is 0 Å². The average Bonchev–Trinajstić information content (AvgIpc) is 2.05. The van der Waals surface area contributed by atoms with Crippen molar-refractivity contribution >= 4 is 15.9 Å². The third-order valence-electron chi connectivity index (χ3n) is 2.00. The first-order chi connectivity index (χ1) is 5.34. The van der Waals surface area contributed by atoms with Gasteiger partial charge in [0, 0.05) is 28.8 Å². The van der Waals surface area contributed by atoms with Crippen molar-refractivity contribution in [1.82, 2.24) is 4.57 Å². The molecule has 0 fully saturated rings. The van der Waals surface area contributed by atoms with Crippen LogP contribution >= 0.6 is 15.9 Å². The van der Waals surface area contributed by atoms with E-state index in [1.807, 2.05) is 0 Å². The van der Waals surface area contributed by atoms with E-state index in [9.17, 15) is 0 Å². The second kappa shape index (κ2) is 2.91. The van der Waals surface area contributed by atoms with E-state index in [-0.39, 0.29) is 5.41 Å². The molecule has 0 saturated heterocycles. The van der Waals surface area contributed by atoms with Gasteiger partial charge in [-0.3, -0.25) is 0 Å². The van der Waals surface area contributed by atoms with E-state index in [1.165, 1.54) is 15.7 Å². The van der Waals surface area contributed by atoms with Gasteiger partial charge in [0.05, 0.1) is 0 Å². The van der Waals surface area contributed by atoms with E-state index in [4.69, 9.17) is 0 Å². The number of hydrogen-bond donors (Lipinski definition) is 0. The van der Waals surface area contributed by atoms with Crippen LogP contribution in [-0.2, 0) is 12.5 Å². The zero-order valence-electron chi connectivity index (χ0n) is 8.40. The molecular formula is C10H16BrN. The molecule has 0 aliphatic carbocycles. The van der Waals surface area contributed by atoms with Gasteiger partial charge in [-0.25, -0.2) is 0 Å². The maximum Gasteiger partial charge on any atom is 0.0419 e. The van der Waals surface area contributed by atoms with Gasteiger partial charge in [-0.05, 0) is 28.4 Å². The summed E-state index contributed by atoms with van der Waals surface area (Å²) in [7, 11) is 2.10. The molecule has 68 valence electrons. The Morgan fingerprint density at radius 3 is 2.00 bits per heavy atom. The molecule has 0 unspecified atom stereocenters. The van der Waals surface area contributed by atoms with Gasteiger partial charge in [-0.2, -0.15) is 0 Å². The highest BCUT2D eigenvalue weighted by atomic mass is 79.9. The predicted octanol–water partition coefficient (Wildman–Crippen LogP) is 3.39. The average molecular weight is 230 g/mol. The molecule has 0 spiro atoms. The Labute approximate surface area is 82.9 Å². The van der Waals surface area contributed by atoms with Crippen molar-refractivity contribution in [1.29, 1.82) is 0 Å². The molecule has 2 heteroatoms. The molecule has 0 radical (unpaired) electrons. The zero-order valence-corrected chi connectivity index (χ0v) is 9.99. The zero-order chi connectivity index (χ0) is 9.52. The van der Waals surface area contributed by atoms with Crippen LogP contribution in [0, 0.1) is 6.92 Å². The minimum atomic E-state index is 0.210. The van der Waals surface area contributed by atoms with Crippen LogP contribution < -0.4 is 0 Å². The van der Waals surface area contributed by atoms with Crippen molar-refractivity contribution in [3.8, 4) is 0 Å². The van der Waals surface area contributed by atoms with Gasteiger partial charge in [0.25, 0.3) is 0 Å². The third-order valence-corrected chi connectivity index (χ3v) is 3.01. The molecule has 1 nitrogen and oxygen atoms in total. The van der Waals surface area contributed by atoms with E-state index in [0.717, 1.165) is 0 Å². The largest absolute Gasteiger partial charge is 0.353 e. The highest BCUT2D eigenvalue weighted by Crippen LogP contribution is 2.32. The molecular weight excluding hydrogens is 214 g/mol. The number of aryl methyl sites for hydroxylation is 2. The van der Waals surface area contributed by atoms with Crippen molar-refractivity contribution in [2.24, 2.45) is 7.05 Å². The van der Waals surface area contributed by atoms with Crippen molar-refractivity contribution in [3.05, 3.63) is 21.9 Å². The molecule has 0 aromatic carbocycles. The Kier molecular flexibility index (Phi) is 2.39. The fourth-order valence-electron chi connectivity index (χ4n) is 1.61. The molecule has 1 rings (SSSR count). The predicted molar refractivity (Wildman–Crippen MR) is 56.6 cm³/mol. The first kappa shape index (κ1) is 9.85. The highest BCUT2D eigenvalue weighted by molar-refractivity contribution is 9.10. The SMILES string of the molecule is Cc1cn(C)c(C(C)(C)C)c1Br. The van der Waals surface area contributed by atoms with E-state index in [2.05, 4.69) is 61.4 Å². The van der Waals surface area contributed by atoms with Gasteiger partial charge in [0.1, 0.15) is 0 Å². The first-order valence-electron chi connectivity index (χ1n) is 4.16. The van der Waals surface area contributed by atoms with Crippen LogP contribution in [0.3, 0.4) is 0 Å². The van der Waals surface area contributed by atoms with Crippen LogP contribution in [0.1, 0.15) is 32.0 Å². The fourth-order valence-corrected chi connectivity index (χ4v) is 2.59. The lowest BCUT2D eigenvalue weighted by molar-refractivity contribution is 0.540. The summed E-state index contributed by atoms with van der Waals surface area (Å²) < 4.78 is 3.44. The molecule has 1 aromatic rings. The maximum atomic E-state index is 3.62. The molecule has 0 saturated carbocycles. The number of rotatable bonds is 0. The summed E-state index contributed by atoms with van der Waals surface area (Å²) >= 11 is 3.62. The van der Waals surface area contributed by atoms with Crippen molar-refractivity contribution in [3.63, 3.8) is 0 Å². The number of hydrogen-bond acceptors (Lipinski definition) is 0. The topological polar surface area (TPSA) is 4.93 Å². The molecule has 0 N–H and O–H groups in total. The van der Waals surface area contributed by atoms with E-state index < -0.39 is 0 Å². The molecule has 0 aliphatic heterocycles. The number of halogens is 1. The molecule has 1 heterocycles. The standard InChI is InChI=1S/C10H16BrN/c1-7-6-12(5)9(8(7)11)10(2,3)4/h6H,1-5H3. The Morgan fingerprint density at radius 1 is 1.33 bits per heavy atom. The number of aromatic nitrogens is 1. The van der Waals surface area contributed by atoms with Crippen LogP contribution in [-0.4, -0.2) is 4.57 Å². The number of nitrogens with zero attached hydrogens (tertiary/aromatic N) is 1. The summed E-state index contributed by atoms with van der Waals surface area (Å²) in [6.45, 7) is 8.81. The second-order valence-electron chi connectivity index (χ2n) is 4.34. The first-order valence-corrected chi connectivity index (χ1v) is 4.95. The van der Waals surface area contributed by atoms with Gasteiger partial charge < -0.3 is 4.57 Å². The van der Waals surface area contributed by atoms with E-state index in [1.54, 1.807) is 0 Å². The third kappa shape index (κ3) is 1.58. The molecule has 0 aliphatic rings. The summed E-state index contributed by atoms with van der Waals surface area (Å²) in [4.78, 5) is 0. The van der Waals surface area contributed by atoms with Gasteiger partial charge in [0.2, 0.25) is 0 Å². The van der Waals surface area contributed by atoms with Gasteiger partial charge >= 0.3 is 0 Å². The summed E-state index contributed by atoms with van der Waals surface area (Å²) in [6, 6.07) is 0. The summed E-state index contributed by atoms with van der Waals surface area (Å²) in [5.41, 5.74) is 2.88. The fraction of sp³-hybridized carbons (Fsp3) is 0.600. The Bertz CT molecular complexity index is 292. The second-order valence-corrected chi connectivity index (χ2v) is 5.13. The minimum absolute atomic E-state index is 0.210. The quantitative estimate of drug-likeness (QED) is 0.643. The van der Waals surface area contributed by atoms with Crippen LogP contribution in [0.15, 0.2) is 10.7 Å². The Balaban J connectivity index is 3.32. The lowest BCUT2D eigenvalue weighted by Gasteiger charge is -2.20. The van der Waals surface area contributed by atoms with Crippen molar-refractivity contribution in [2.45, 2.75) is 33.1 Å². The molecule has 1 aromatic heterocycles. The minimum Gasteiger partial charge on any atom is -0.353 e. The molecule has 12 heavy (non-hydrogen) atoms. The molecule has 0 amide bonds. The van der Waals surface area contributed by atoms with Gasteiger partial charge in [0.15, 0.2) is 0 Å². The maximum absolute atomic E-state index is 3.62. The van der Waals surface area contributed by atoms with Crippen molar-refractivity contribution < 1.29 is 0 Å². The van der Waals surface area contributed by atoms with Crippen molar-refractivity contribution in [2.75, 3.05) is 0 Å². The van der Waals surface area contributed by atoms with E-state index in [0.29, 0.717) is 0 Å². The highest BCUT2D eigenvalue weighted by Gasteiger charge is 2.21. The normalized spacial score (nSPS) is 12.2. The summed E-state index contributed by atoms with van der Waals surface area (Å²) in [5, 5.41) is 0. The van der Waals surface area contributed by atoms with Gasteiger partial charge in [-0.1, -0.05) is 20.8 Å². The van der Waals surface area contributed by atoms with Crippen LogP contribution in [0.5, 0.6) is 0 Å². The van der Waals surface area contributed by atoms with Crippen LogP contribution in [0.25, 0.3) is 0 Å². The molecule has 0 atom stereocenters. The summed E-state index contributed by atoms with van der Waals surface area (Å²) in [6.07, 6.45) is 2.16. The van der Waals surface area contributed by atoms with Crippen LogP contribution in [0.4, 0.5) is 0 Å². The Morgan fingerprint density at radius 2 is 1.83 bits per heavy atom. The summed E-state index contributed by atoms with van der Waals surface area (Å²) in [5.74, 6) is 0. The monoisotopic (exact) mass is 229 g/mol. The lowest BCUT2D eigenvalue weighted by Crippen LogP contribution is -2.16.